The third-order valence-corrected chi connectivity index (χ3v) is 4.90. The van der Waals surface area contributed by atoms with E-state index >= 15 is 0 Å². The van der Waals surface area contributed by atoms with Gasteiger partial charge in [0.1, 0.15) is 0 Å². The molecule has 0 atom stereocenters. The highest BCUT2D eigenvalue weighted by Crippen LogP contribution is 2.21. The van der Waals surface area contributed by atoms with Gasteiger partial charge in [0, 0.05) is 17.8 Å². The van der Waals surface area contributed by atoms with Gasteiger partial charge in [-0.3, -0.25) is 4.79 Å². The number of rotatable bonds is 5. The van der Waals surface area contributed by atoms with Gasteiger partial charge in [0.2, 0.25) is 0 Å². The molecule has 0 aliphatic carbocycles. The van der Waals surface area contributed by atoms with E-state index in [1.165, 1.54) is 16.2 Å². The van der Waals surface area contributed by atoms with Crippen LogP contribution in [0.5, 0.6) is 0 Å². The minimum Gasteiger partial charge on any atom is -0.395 e. The Morgan fingerprint density at radius 1 is 1.48 bits per heavy atom. The summed E-state index contributed by atoms with van der Waals surface area (Å²) in [4.78, 5) is 14.9. The average molecular weight is 319 g/mol. The fraction of sp³-hybridized carbons (Fsp3) is 0.312. The average Bonchev–Trinajstić information content (AvgIpc) is 3.09. The SMILES string of the molecule is Cc1cc(C(=O)NCCc2cccs2)sc1C#CCCO. The Labute approximate surface area is 132 Å². The summed E-state index contributed by atoms with van der Waals surface area (Å²) in [5.41, 5.74) is 1.01. The molecule has 0 fully saturated rings. The van der Waals surface area contributed by atoms with E-state index in [4.69, 9.17) is 5.11 Å². The Hall–Kier alpha value is -1.61. The van der Waals surface area contributed by atoms with Crippen molar-refractivity contribution >= 4 is 28.6 Å². The summed E-state index contributed by atoms with van der Waals surface area (Å²) in [6.07, 6.45) is 1.32. The minimum atomic E-state index is -0.0464. The van der Waals surface area contributed by atoms with Crippen LogP contribution in [0.1, 0.15) is 31.4 Å². The van der Waals surface area contributed by atoms with Crippen molar-refractivity contribution in [1.82, 2.24) is 5.32 Å². The zero-order chi connectivity index (χ0) is 15.1. The molecule has 2 aromatic rings. The van der Waals surface area contributed by atoms with Crippen molar-refractivity contribution < 1.29 is 9.90 Å². The summed E-state index contributed by atoms with van der Waals surface area (Å²) in [5, 5.41) is 13.7. The molecule has 2 heterocycles. The number of aliphatic hydroxyl groups excluding tert-OH is 1. The van der Waals surface area contributed by atoms with Gasteiger partial charge < -0.3 is 10.4 Å². The molecule has 0 aliphatic rings. The number of aryl methyl sites for hydroxylation is 1. The summed E-state index contributed by atoms with van der Waals surface area (Å²) >= 11 is 3.10. The molecule has 0 bridgehead atoms. The highest BCUT2D eigenvalue weighted by atomic mass is 32.1. The van der Waals surface area contributed by atoms with Crippen LogP contribution in [-0.4, -0.2) is 24.2 Å². The van der Waals surface area contributed by atoms with Crippen LogP contribution < -0.4 is 5.32 Å². The summed E-state index contributed by atoms with van der Waals surface area (Å²) in [6.45, 7) is 2.65. The van der Waals surface area contributed by atoms with Gasteiger partial charge in [-0.1, -0.05) is 17.9 Å². The summed E-state index contributed by atoms with van der Waals surface area (Å²) in [5.74, 6) is 5.84. The van der Waals surface area contributed by atoms with E-state index in [-0.39, 0.29) is 12.5 Å². The van der Waals surface area contributed by atoms with E-state index < -0.39 is 0 Å². The number of aliphatic hydroxyl groups is 1. The monoisotopic (exact) mass is 319 g/mol. The Kier molecular flexibility index (Phi) is 6.00. The second-order valence-corrected chi connectivity index (χ2v) is 6.57. The fourth-order valence-corrected chi connectivity index (χ4v) is 3.43. The number of hydrogen-bond donors (Lipinski definition) is 2. The van der Waals surface area contributed by atoms with Crippen LogP contribution in [0.4, 0.5) is 0 Å². The number of carbonyl (C=O) groups excluding carboxylic acids is 1. The molecule has 0 spiro atoms. The van der Waals surface area contributed by atoms with Crippen LogP contribution in [0.15, 0.2) is 23.6 Å². The Balaban J connectivity index is 1.90. The maximum Gasteiger partial charge on any atom is 0.261 e. The lowest BCUT2D eigenvalue weighted by Gasteiger charge is -2.01. The highest BCUT2D eigenvalue weighted by Gasteiger charge is 2.11. The predicted molar refractivity (Wildman–Crippen MR) is 88.0 cm³/mol. The van der Waals surface area contributed by atoms with E-state index in [9.17, 15) is 4.79 Å². The maximum absolute atomic E-state index is 12.1. The summed E-state index contributed by atoms with van der Waals surface area (Å²) < 4.78 is 0. The lowest BCUT2D eigenvalue weighted by atomic mass is 10.2. The molecule has 3 nitrogen and oxygen atoms in total. The topological polar surface area (TPSA) is 49.3 Å². The van der Waals surface area contributed by atoms with Gasteiger partial charge in [-0.2, -0.15) is 0 Å². The van der Waals surface area contributed by atoms with E-state index in [0.29, 0.717) is 17.8 Å². The largest absolute Gasteiger partial charge is 0.395 e. The Morgan fingerprint density at radius 3 is 3.05 bits per heavy atom. The molecule has 0 aromatic carbocycles. The Morgan fingerprint density at radius 2 is 2.33 bits per heavy atom. The van der Waals surface area contributed by atoms with Crippen molar-refractivity contribution in [2.24, 2.45) is 0 Å². The zero-order valence-corrected chi connectivity index (χ0v) is 13.4. The van der Waals surface area contributed by atoms with E-state index in [2.05, 4.69) is 23.2 Å². The van der Waals surface area contributed by atoms with Crippen molar-refractivity contribution in [3.63, 3.8) is 0 Å². The second-order valence-electron chi connectivity index (χ2n) is 4.48. The smallest absolute Gasteiger partial charge is 0.261 e. The molecule has 0 saturated heterocycles. The zero-order valence-electron chi connectivity index (χ0n) is 11.8. The highest BCUT2D eigenvalue weighted by molar-refractivity contribution is 7.14. The molecule has 1 amide bonds. The molecule has 21 heavy (non-hydrogen) atoms. The quantitative estimate of drug-likeness (QED) is 0.833. The summed E-state index contributed by atoms with van der Waals surface area (Å²) in [7, 11) is 0. The number of nitrogens with one attached hydrogen (secondary N) is 1. The number of thiophene rings is 2. The second kappa shape index (κ2) is 7.99. The van der Waals surface area contributed by atoms with Crippen molar-refractivity contribution in [3.05, 3.63) is 43.8 Å². The van der Waals surface area contributed by atoms with Crippen LogP contribution in [0.25, 0.3) is 0 Å². The summed E-state index contributed by atoms with van der Waals surface area (Å²) in [6, 6.07) is 5.96. The maximum atomic E-state index is 12.1. The van der Waals surface area contributed by atoms with Gasteiger partial charge in [-0.25, -0.2) is 0 Å². The Bertz CT molecular complexity index is 648. The van der Waals surface area contributed by atoms with Crippen LogP contribution >= 0.6 is 22.7 Å². The van der Waals surface area contributed by atoms with E-state index in [0.717, 1.165) is 16.9 Å². The van der Waals surface area contributed by atoms with Crippen molar-refractivity contribution in [1.29, 1.82) is 0 Å². The normalized spacial score (nSPS) is 10.0. The first-order valence-corrected chi connectivity index (χ1v) is 8.41. The lowest BCUT2D eigenvalue weighted by Crippen LogP contribution is -2.24. The van der Waals surface area contributed by atoms with Crippen LogP contribution in [-0.2, 0) is 6.42 Å². The molecule has 0 radical (unpaired) electrons. The minimum absolute atomic E-state index is 0.0464. The van der Waals surface area contributed by atoms with E-state index in [1.807, 2.05) is 24.4 Å². The molecule has 5 heteroatoms. The van der Waals surface area contributed by atoms with Crippen molar-refractivity contribution in [2.75, 3.05) is 13.2 Å². The van der Waals surface area contributed by atoms with Crippen molar-refractivity contribution in [3.8, 4) is 11.8 Å². The van der Waals surface area contributed by atoms with Crippen LogP contribution in [0, 0.1) is 18.8 Å². The van der Waals surface area contributed by atoms with Crippen LogP contribution in [0.3, 0.4) is 0 Å². The van der Waals surface area contributed by atoms with Gasteiger partial charge in [-0.15, -0.1) is 22.7 Å². The first-order chi connectivity index (χ1) is 10.2. The number of carbonyl (C=O) groups is 1. The van der Waals surface area contributed by atoms with Crippen LogP contribution in [0.2, 0.25) is 0 Å². The lowest BCUT2D eigenvalue weighted by molar-refractivity contribution is 0.0958. The molecule has 2 N–H and O–H groups in total. The molecule has 0 unspecified atom stereocenters. The molecule has 0 saturated carbocycles. The molecule has 2 aromatic heterocycles. The third kappa shape index (κ3) is 4.71. The van der Waals surface area contributed by atoms with Gasteiger partial charge in [0.05, 0.1) is 16.4 Å². The predicted octanol–water partition coefficient (Wildman–Crippen LogP) is 2.82. The molecular formula is C16H17NO2S2. The van der Waals surface area contributed by atoms with Gasteiger partial charge in [0.15, 0.2) is 0 Å². The van der Waals surface area contributed by atoms with E-state index in [1.54, 1.807) is 11.3 Å². The fourth-order valence-electron chi connectivity index (χ4n) is 1.76. The molecule has 2 rings (SSSR count). The molecule has 110 valence electrons. The third-order valence-electron chi connectivity index (χ3n) is 2.82. The standard InChI is InChI=1S/C16H17NO2S2/c1-12-11-15(21-14(12)6-2-3-9-18)16(19)17-8-7-13-5-4-10-20-13/h4-5,10-11,18H,3,7-9H2,1H3,(H,17,19). The number of amides is 1. The first-order valence-electron chi connectivity index (χ1n) is 6.71. The molecule has 0 aliphatic heterocycles. The first kappa shape index (κ1) is 15.8. The van der Waals surface area contributed by atoms with Crippen molar-refractivity contribution in [2.45, 2.75) is 19.8 Å². The van der Waals surface area contributed by atoms with Gasteiger partial charge in [-0.05, 0) is 36.4 Å². The molecular weight excluding hydrogens is 302 g/mol. The van der Waals surface area contributed by atoms with Gasteiger partial charge >= 0.3 is 0 Å². The number of hydrogen-bond acceptors (Lipinski definition) is 4. The van der Waals surface area contributed by atoms with Gasteiger partial charge in [0.25, 0.3) is 5.91 Å².